The monoisotopic (exact) mass is 299 g/mol. The molecule has 108 valence electrons. The van der Waals surface area contributed by atoms with Gasteiger partial charge in [0, 0.05) is 13.1 Å². The minimum Gasteiger partial charge on any atom is -0.801 e. The van der Waals surface area contributed by atoms with E-state index in [2.05, 4.69) is 5.32 Å². The van der Waals surface area contributed by atoms with Crippen LogP contribution in [0.4, 0.5) is 0 Å². The maximum absolute atomic E-state index is 10.7. The first-order valence-electron chi connectivity index (χ1n) is 4.70. The Morgan fingerprint density at radius 1 is 1.11 bits per heavy atom. The van der Waals surface area contributed by atoms with Crippen molar-refractivity contribution in [2.75, 3.05) is 25.8 Å². The fraction of sp³-hybridized carbons (Fsp3) is 0.556. The summed E-state index contributed by atoms with van der Waals surface area (Å²) in [6, 6.07) is 0. The van der Waals surface area contributed by atoms with Crippen molar-refractivity contribution in [3.63, 3.8) is 0 Å². The molecule has 0 radical (unpaired) electrons. The lowest BCUT2D eigenvalue weighted by Crippen LogP contribution is -2.24. The van der Waals surface area contributed by atoms with Crippen molar-refractivity contribution < 1.29 is 22.6 Å². The number of amides is 1. The van der Waals surface area contributed by atoms with Gasteiger partial charge in [-0.2, -0.15) is 4.13 Å². The highest BCUT2D eigenvalue weighted by Gasteiger charge is 2.03. The van der Waals surface area contributed by atoms with Crippen LogP contribution < -0.4 is 9.44 Å². The minimum absolute atomic E-state index is 0.126. The molecular weight excluding hydrogens is 280 g/mol. The van der Waals surface area contributed by atoms with Crippen molar-refractivity contribution in [2.24, 2.45) is 0 Å². The van der Waals surface area contributed by atoms with Crippen molar-refractivity contribution in [3.05, 3.63) is 12.2 Å². The molecule has 0 aromatic rings. The molecule has 0 aromatic heterocycles. The summed E-state index contributed by atoms with van der Waals surface area (Å²) in [7, 11) is -4.17. The summed E-state index contributed by atoms with van der Waals surface area (Å²) in [6.07, 6.45) is 6.04. The number of likely N-dealkylation sites (N-methyl/N-ethyl adjacent to an activating group) is 1. The third-order valence-electron chi connectivity index (χ3n) is 1.07. The summed E-state index contributed by atoms with van der Waals surface area (Å²) in [4.78, 5) is 20.6. The number of hydrogen-bond acceptors (Lipinski definition) is 5. The van der Waals surface area contributed by atoms with Crippen LogP contribution in [0.5, 0.6) is 0 Å². The van der Waals surface area contributed by atoms with E-state index in [1.165, 1.54) is 38.6 Å². The Labute approximate surface area is 109 Å². The molecule has 0 bridgehead atoms. The quantitative estimate of drug-likeness (QED) is 0.680. The second kappa shape index (κ2) is 8.25. The van der Waals surface area contributed by atoms with Crippen LogP contribution in [-0.4, -0.2) is 50.5 Å². The van der Waals surface area contributed by atoms with Gasteiger partial charge in [0.1, 0.15) is 0 Å². The van der Waals surface area contributed by atoms with E-state index in [1.54, 1.807) is 0 Å². The fourth-order valence-corrected chi connectivity index (χ4v) is 3.56. The molecule has 1 amide bonds. The first-order valence-corrected chi connectivity index (χ1v) is 8.97. The van der Waals surface area contributed by atoms with Gasteiger partial charge in [0.15, 0.2) is 5.78 Å². The number of allylic oxidation sites excluding steroid dienone is 1. The predicted molar refractivity (Wildman–Crippen MR) is 72.1 cm³/mol. The number of nitrogens with one attached hydrogen (secondary N) is 2. The van der Waals surface area contributed by atoms with Gasteiger partial charge in [-0.3, -0.25) is 20.1 Å². The van der Waals surface area contributed by atoms with Crippen molar-refractivity contribution in [2.45, 2.75) is 6.92 Å². The fourth-order valence-electron chi connectivity index (χ4n) is 0.641. The van der Waals surface area contributed by atoms with E-state index in [-0.39, 0.29) is 11.7 Å². The Morgan fingerprint density at radius 2 is 1.56 bits per heavy atom. The van der Waals surface area contributed by atoms with E-state index in [0.717, 1.165) is 6.26 Å². The summed E-state index contributed by atoms with van der Waals surface area (Å²) in [5.74, 6) is -0.385. The molecule has 0 aromatic carbocycles. The SMILES string of the molecule is CNC(=O)/C=C\C(C)=O.CS(C)([O-])NS(C)(=O)=O. The van der Waals surface area contributed by atoms with Gasteiger partial charge in [-0.05, 0) is 25.5 Å². The maximum atomic E-state index is 10.7. The topological polar surface area (TPSA) is 115 Å². The molecule has 0 heterocycles. The van der Waals surface area contributed by atoms with Crippen LogP contribution in [0.25, 0.3) is 0 Å². The van der Waals surface area contributed by atoms with E-state index in [0.29, 0.717) is 0 Å². The second-order valence-corrected chi connectivity index (χ2v) is 8.32. The highest BCUT2D eigenvalue weighted by atomic mass is 32.3. The lowest BCUT2D eigenvalue weighted by molar-refractivity contribution is -0.117. The molecule has 0 aliphatic heterocycles. The average molecular weight is 299 g/mol. The molecule has 7 nitrogen and oxygen atoms in total. The lowest BCUT2D eigenvalue weighted by atomic mass is 10.4. The van der Waals surface area contributed by atoms with E-state index < -0.39 is 20.5 Å². The highest BCUT2D eigenvalue weighted by Crippen LogP contribution is 2.28. The predicted octanol–water partition coefficient (Wildman–Crippen LogP) is -0.477. The lowest BCUT2D eigenvalue weighted by Gasteiger charge is -2.37. The zero-order valence-electron chi connectivity index (χ0n) is 11.0. The number of carbonyl (C=O) groups excluding carboxylic acids is 2. The summed E-state index contributed by atoms with van der Waals surface area (Å²) in [5.41, 5.74) is 0. The summed E-state index contributed by atoms with van der Waals surface area (Å²) in [5, 5.41) is 2.34. The third-order valence-corrected chi connectivity index (χ3v) is 3.88. The molecule has 0 saturated carbocycles. The van der Waals surface area contributed by atoms with Crippen molar-refractivity contribution >= 4 is 32.2 Å². The van der Waals surface area contributed by atoms with E-state index in [4.69, 9.17) is 0 Å². The van der Waals surface area contributed by atoms with E-state index >= 15 is 0 Å². The smallest absolute Gasteiger partial charge is 0.243 e. The Balaban J connectivity index is 0. The summed E-state index contributed by atoms with van der Waals surface area (Å²) < 4.78 is 33.4. The number of carbonyl (C=O) groups is 2. The van der Waals surface area contributed by atoms with Crippen LogP contribution in [0.3, 0.4) is 0 Å². The second-order valence-electron chi connectivity index (χ2n) is 3.65. The van der Waals surface area contributed by atoms with Gasteiger partial charge in [0.25, 0.3) is 0 Å². The van der Waals surface area contributed by atoms with Crippen LogP contribution in [-0.2, 0) is 19.6 Å². The number of sulfonamides is 1. The Kier molecular flexibility index (Phi) is 8.91. The zero-order chi connectivity index (χ0) is 15.0. The van der Waals surface area contributed by atoms with Crippen LogP contribution in [0.15, 0.2) is 12.2 Å². The number of ketones is 1. The van der Waals surface area contributed by atoms with Gasteiger partial charge in [-0.15, -0.1) is 0 Å². The molecule has 18 heavy (non-hydrogen) atoms. The molecule has 0 aliphatic carbocycles. The zero-order valence-corrected chi connectivity index (χ0v) is 12.6. The van der Waals surface area contributed by atoms with Crippen molar-refractivity contribution in [3.8, 4) is 0 Å². The summed E-state index contributed by atoms with van der Waals surface area (Å²) >= 11 is 0. The van der Waals surface area contributed by atoms with Crippen molar-refractivity contribution in [1.29, 1.82) is 0 Å². The molecule has 9 heteroatoms. The third kappa shape index (κ3) is 20.5. The van der Waals surface area contributed by atoms with E-state index in [1.807, 2.05) is 4.13 Å². The van der Waals surface area contributed by atoms with Gasteiger partial charge in [-0.1, -0.05) is 0 Å². The highest BCUT2D eigenvalue weighted by molar-refractivity contribution is 8.31. The largest absolute Gasteiger partial charge is 0.801 e. The first kappa shape index (κ1) is 19.4. The normalized spacial score (nSPS) is 12.6. The number of hydrogen-bond donors (Lipinski definition) is 2. The van der Waals surface area contributed by atoms with Crippen LogP contribution in [0.2, 0.25) is 0 Å². The Hall–Kier alpha value is -0.900. The molecule has 0 aliphatic rings. The molecule has 0 spiro atoms. The van der Waals surface area contributed by atoms with Gasteiger partial charge in [-0.25, -0.2) is 8.42 Å². The van der Waals surface area contributed by atoms with E-state index in [9.17, 15) is 22.6 Å². The van der Waals surface area contributed by atoms with Crippen molar-refractivity contribution in [1.82, 2.24) is 9.44 Å². The van der Waals surface area contributed by atoms with Crippen LogP contribution in [0.1, 0.15) is 6.92 Å². The molecule has 2 N–H and O–H groups in total. The summed E-state index contributed by atoms with van der Waals surface area (Å²) in [6.45, 7) is 1.39. The van der Waals surface area contributed by atoms with Gasteiger partial charge in [0.05, 0.1) is 6.26 Å². The first-order chi connectivity index (χ1) is 7.87. The molecule has 0 rings (SSSR count). The Bertz CT molecular complexity index is 409. The molecular formula is C9H19N2O5S2-. The molecule has 0 atom stereocenters. The maximum Gasteiger partial charge on any atom is 0.243 e. The van der Waals surface area contributed by atoms with Crippen LogP contribution in [0, 0.1) is 0 Å². The standard InChI is InChI=1S/C6H9NO2.C3H11NO3S2/c1-5(8)3-4-6(9)7-2;1-8(2,5)4-9(3,6)7/h3-4H,1-2H3,(H,7,9);4-5H,1-3H3/p-1/b4-3-;. The van der Waals surface area contributed by atoms with Gasteiger partial charge in [0.2, 0.25) is 15.9 Å². The molecule has 0 fully saturated rings. The Morgan fingerprint density at radius 3 is 1.72 bits per heavy atom. The molecule has 0 unspecified atom stereocenters. The number of rotatable bonds is 4. The minimum atomic E-state index is -3.31. The average Bonchev–Trinajstić information content (AvgIpc) is 2.09. The van der Waals surface area contributed by atoms with Crippen LogP contribution >= 0.6 is 10.5 Å². The van der Waals surface area contributed by atoms with Gasteiger partial charge >= 0.3 is 0 Å². The van der Waals surface area contributed by atoms with Gasteiger partial charge < -0.3 is 9.87 Å². The molecule has 0 saturated heterocycles.